The molecule has 0 aliphatic rings. The van der Waals surface area contributed by atoms with E-state index >= 15 is 0 Å². The van der Waals surface area contributed by atoms with Crippen LogP contribution in [-0.2, 0) is 6.18 Å². The molecule has 0 saturated carbocycles. The molecule has 0 radical (unpaired) electrons. The third-order valence-corrected chi connectivity index (χ3v) is 3.87. The molecule has 0 aromatic heterocycles. The molecule has 0 saturated heterocycles. The summed E-state index contributed by atoms with van der Waals surface area (Å²) in [6.45, 7) is 0. The molecule has 0 spiro atoms. The minimum atomic E-state index is -4.71. The fraction of sp³-hybridized carbons (Fsp3) is 0.0556. The predicted octanol–water partition coefficient (Wildman–Crippen LogP) is 4.52. The average Bonchev–Trinajstić information content (AvgIpc) is 2.64. The summed E-state index contributed by atoms with van der Waals surface area (Å²) in [4.78, 5) is 22.5. The molecule has 0 fully saturated rings. The van der Waals surface area contributed by atoms with Gasteiger partial charge >= 0.3 is 6.18 Å². The average molecular weight is 375 g/mol. The number of alkyl halides is 3. The molecule has 0 bridgehead atoms. The van der Waals surface area contributed by atoms with Crippen LogP contribution < -0.4 is 10.9 Å². The standard InChI is InChI=1S/C18H12F3N3O3/c19-18(20,21)12-8-9-15(16(10-12)24(26)27)22-23-17(25)14-7-3-5-11-4-1-2-6-13(11)14/h1-10,22H,(H,23,25). The minimum Gasteiger partial charge on any atom is -0.292 e. The molecule has 0 atom stereocenters. The van der Waals surface area contributed by atoms with Gasteiger partial charge in [0.05, 0.1) is 10.5 Å². The van der Waals surface area contributed by atoms with Gasteiger partial charge in [0.2, 0.25) is 0 Å². The molecule has 9 heteroatoms. The summed E-state index contributed by atoms with van der Waals surface area (Å²) in [7, 11) is 0. The third-order valence-electron chi connectivity index (χ3n) is 3.87. The van der Waals surface area contributed by atoms with Crippen LogP contribution in [-0.4, -0.2) is 10.8 Å². The Morgan fingerprint density at radius 3 is 2.41 bits per heavy atom. The molecule has 3 rings (SSSR count). The van der Waals surface area contributed by atoms with E-state index in [9.17, 15) is 28.1 Å². The van der Waals surface area contributed by atoms with Gasteiger partial charge in [-0.05, 0) is 29.0 Å². The second kappa shape index (κ2) is 6.94. The Morgan fingerprint density at radius 1 is 1.00 bits per heavy atom. The number of nitrogens with one attached hydrogen (secondary N) is 2. The summed E-state index contributed by atoms with van der Waals surface area (Å²) < 4.78 is 38.2. The highest BCUT2D eigenvalue weighted by Gasteiger charge is 2.33. The first kappa shape index (κ1) is 18.2. The van der Waals surface area contributed by atoms with Crippen molar-refractivity contribution in [1.29, 1.82) is 0 Å². The van der Waals surface area contributed by atoms with Crippen molar-refractivity contribution in [2.24, 2.45) is 0 Å². The molecule has 0 heterocycles. The molecule has 3 aromatic rings. The van der Waals surface area contributed by atoms with Gasteiger partial charge in [-0.25, -0.2) is 0 Å². The van der Waals surface area contributed by atoms with E-state index in [1.54, 1.807) is 24.3 Å². The number of hydrogen-bond acceptors (Lipinski definition) is 4. The zero-order valence-corrected chi connectivity index (χ0v) is 13.6. The number of carbonyl (C=O) groups is 1. The third kappa shape index (κ3) is 3.81. The monoisotopic (exact) mass is 375 g/mol. The Hall–Kier alpha value is -3.62. The molecule has 0 unspecified atom stereocenters. The number of carbonyl (C=O) groups excluding carboxylic acids is 1. The van der Waals surface area contributed by atoms with Gasteiger partial charge < -0.3 is 0 Å². The number of nitro benzene ring substituents is 1. The Kier molecular flexibility index (Phi) is 4.68. The van der Waals surface area contributed by atoms with Crippen molar-refractivity contribution in [3.05, 3.63) is 81.9 Å². The molecular weight excluding hydrogens is 363 g/mol. The van der Waals surface area contributed by atoms with Crippen LogP contribution in [0, 0.1) is 10.1 Å². The first-order valence-electron chi connectivity index (χ1n) is 7.67. The predicted molar refractivity (Wildman–Crippen MR) is 93.1 cm³/mol. The number of hydrogen-bond donors (Lipinski definition) is 2. The number of rotatable bonds is 4. The first-order chi connectivity index (χ1) is 12.8. The van der Waals surface area contributed by atoms with E-state index in [0.29, 0.717) is 23.1 Å². The van der Waals surface area contributed by atoms with Crippen molar-refractivity contribution in [3.8, 4) is 0 Å². The summed E-state index contributed by atoms with van der Waals surface area (Å²) in [6, 6.07) is 14.2. The lowest BCUT2D eigenvalue weighted by Gasteiger charge is -2.12. The van der Waals surface area contributed by atoms with Crippen LogP contribution in [0.25, 0.3) is 10.8 Å². The van der Waals surface area contributed by atoms with Crippen molar-refractivity contribution in [2.45, 2.75) is 6.18 Å². The zero-order chi connectivity index (χ0) is 19.6. The molecular formula is C18H12F3N3O3. The summed E-state index contributed by atoms with van der Waals surface area (Å²) >= 11 is 0. The molecule has 0 aliphatic carbocycles. The highest BCUT2D eigenvalue weighted by atomic mass is 19.4. The zero-order valence-electron chi connectivity index (χ0n) is 13.6. The molecule has 1 amide bonds. The Bertz CT molecular complexity index is 1030. The summed E-state index contributed by atoms with van der Waals surface area (Å²) in [5, 5.41) is 12.6. The maximum atomic E-state index is 12.7. The first-order valence-corrected chi connectivity index (χ1v) is 7.67. The van der Waals surface area contributed by atoms with Gasteiger partial charge in [0.25, 0.3) is 11.6 Å². The lowest BCUT2D eigenvalue weighted by atomic mass is 10.0. The van der Waals surface area contributed by atoms with E-state index in [-0.39, 0.29) is 5.69 Å². The fourth-order valence-corrected chi connectivity index (χ4v) is 2.58. The summed E-state index contributed by atoms with van der Waals surface area (Å²) in [5.41, 5.74) is 2.71. The second-order valence-corrected chi connectivity index (χ2v) is 5.59. The highest BCUT2D eigenvalue weighted by Crippen LogP contribution is 2.34. The van der Waals surface area contributed by atoms with Crippen LogP contribution in [0.1, 0.15) is 15.9 Å². The van der Waals surface area contributed by atoms with Gasteiger partial charge in [0.1, 0.15) is 5.69 Å². The van der Waals surface area contributed by atoms with E-state index < -0.39 is 28.3 Å². The number of fused-ring (bicyclic) bond motifs is 1. The maximum absolute atomic E-state index is 12.7. The molecule has 27 heavy (non-hydrogen) atoms. The van der Waals surface area contributed by atoms with Crippen molar-refractivity contribution in [3.63, 3.8) is 0 Å². The minimum absolute atomic E-state index is 0.262. The SMILES string of the molecule is O=C(NNc1ccc(C(F)(F)F)cc1[N+](=O)[O-])c1cccc2ccccc12. The topological polar surface area (TPSA) is 84.3 Å². The van der Waals surface area contributed by atoms with Crippen molar-refractivity contribution in [1.82, 2.24) is 5.43 Å². The normalized spacial score (nSPS) is 11.2. The fourth-order valence-electron chi connectivity index (χ4n) is 2.58. The van der Waals surface area contributed by atoms with Gasteiger partial charge in [-0.1, -0.05) is 36.4 Å². The van der Waals surface area contributed by atoms with Crippen LogP contribution in [0.4, 0.5) is 24.5 Å². The number of nitrogens with zero attached hydrogens (tertiary/aromatic N) is 1. The maximum Gasteiger partial charge on any atom is 0.416 e. The van der Waals surface area contributed by atoms with Crippen LogP contribution >= 0.6 is 0 Å². The molecule has 138 valence electrons. The van der Waals surface area contributed by atoms with E-state index in [2.05, 4.69) is 10.9 Å². The number of halogens is 3. The summed E-state index contributed by atoms with van der Waals surface area (Å²) in [5.74, 6) is -0.582. The lowest BCUT2D eigenvalue weighted by molar-refractivity contribution is -0.384. The smallest absolute Gasteiger partial charge is 0.292 e. The number of nitro groups is 1. The van der Waals surface area contributed by atoms with Crippen LogP contribution in [0.2, 0.25) is 0 Å². The van der Waals surface area contributed by atoms with E-state index in [1.807, 2.05) is 18.2 Å². The van der Waals surface area contributed by atoms with E-state index in [4.69, 9.17) is 0 Å². The molecule has 2 N–H and O–H groups in total. The largest absolute Gasteiger partial charge is 0.416 e. The van der Waals surface area contributed by atoms with Gasteiger partial charge in [-0.2, -0.15) is 13.2 Å². The van der Waals surface area contributed by atoms with E-state index in [1.165, 1.54) is 0 Å². The van der Waals surface area contributed by atoms with E-state index in [0.717, 1.165) is 11.5 Å². The number of anilines is 1. The van der Waals surface area contributed by atoms with Crippen molar-refractivity contribution >= 4 is 28.1 Å². The molecule has 3 aromatic carbocycles. The Balaban J connectivity index is 1.86. The molecule has 6 nitrogen and oxygen atoms in total. The Morgan fingerprint density at radius 2 is 1.70 bits per heavy atom. The van der Waals surface area contributed by atoms with Gasteiger partial charge in [0.15, 0.2) is 0 Å². The van der Waals surface area contributed by atoms with Crippen LogP contribution in [0.3, 0.4) is 0 Å². The van der Waals surface area contributed by atoms with Crippen molar-refractivity contribution in [2.75, 3.05) is 5.43 Å². The number of benzene rings is 3. The Labute approximate surface area is 150 Å². The molecule has 0 aliphatic heterocycles. The van der Waals surface area contributed by atoms with Crippen molar-refractivity contribution < 1.29 is 22.9 Å². The lowest BCUT2D eigenvalue weighted by Crippen LogP contribution is -2.30. The number of hydrazine groups is 1. The van der Waals surface area contributed by atoms with Gasteiger partial charge in [-0.3, -0.25) is 25.8 Å². The quantitative estimate of drug-likeness (QED) is 0.519. The number of amides is 1. The van der Waals surface area contributed by atoms with Crippen LogP contribution in [0.5, 0.6) is 0 Å². The second-order valence-electron chi connectivity index (χ2n) is 5.59. The van der Waals surface area contributed by atoms with Crippen LogP contribution in [0.15, 0.2) is 60.7 Å². The highest BCUT2D eigenvalue weighted by molar-refractivity contribution is 6.07. The van der Waals surface area contributed by atoms with Gasteiger partial charge in [0, 0.05) is 11.6 Å². The summed E-state index contributed by atoms with van der Waals surface area (Å²) in [6.07, 6.45) is -4.71. The van der Waals surface area contributed by atoms with Gasteiger partial charge in [-0.15, -0.1) is 0 Å².